The SMILES string of the molecule is CC(C)CNC(=O)CCNC(=O)C(C(=O)O)C(C)(C)C. The van der Waals surface area contributed by atoms with Crippen LogP contribution in [0.4, 0.5) is 0 Å². The van der Waals surface area contributed by atoms with Crippen LogP contribution in [-0.2, 0) is 14.4 Å². The molecule has 0 saturated heterocycles. The van der Waals surface area contributed by atoms with E-state index in [4.69, 9.17) is 5.11 Å². The van der Waals surface area contributed by atoms with Crippen LogP contribution >= 0.6 is 0 Å². The summed E-state index contributed by atoms with van der Waals surface area (Å²) in [7, 11) is 0. The Balaban J connectivity index is 4.21. The van der Waals surface area contributed by atoms with Gasteiger partial charge in [0.05, 0.1) is 0 Å². The second kappa shape index (κ2) is 7.87. The van der Waals surface area contributed by atoms with Crippen molar-refractivity contribution in [3.63, 3.8) is 0 Å². The first kappa shape index (κ1) is 18.4. The molecule has 0 aromatic carbocycles. The van der Waals surface area contributed by atoms with Gasteiger partial charge in [0, 0.05) is 19.5 Å². The fraction of sp³-hybridized carbons (Fsp3) is 0.786. The first-order valence-corrected chi connectivity index (χ1v) is 6.83. The molecule has 0 aliphatic carbocycles. The summed E-state index contributed by atoms with van der Waals surface area (Å²) in [6.45, 7) is 9.79. The van der Waals surface area contributed by atoms with E-state index in [2.05, 4.69) is 10.6 Å². The molecule has 0 radical (unpaired) electrons. The zero-order valence-corrected chi connectivity index (χ0v) is 12.9. The number of hydrogen-bond acceptors (Lipinski definition) is 3. The molecule has 2 amide bonds. The van der Waals surface area contributed by atoms with E-state index in [-0.39, 0.29) is 18.9 Å². The monoisotopic (exact) mass is 286 g/mol. The summed E-state index contributed by atoms with van der Waals surface area (Å²) in [6, 6.07) is 0. The Bertz CT molecular complexity index is 359. The smallest absolute Gasteiger partial charge is 0.316 e. The molecule has 0 bridgehead atoms. The number of carbonyl (C=O) groups excluding carboxylic acids is 2. The second-order valence-corrected chi connectivity index (χ2v) is 6.38. The molecule has 0 spiro atoms. The topological polar surface area (TPSA) is 95.5 Å². The maximum Gasteiger partial charge on any atom is 0.316 e. The summed E-state index contributed by atoms with van der Waals surface area (Å²) in [4.78, 5) is 34.4. The van der Waals surface area contributed by atoms with Crippen LogP contribution in [0, 0.1) is 17.3 Å². The van der Waals surface area contributed by atoms with Crippen LogP contribution in [0.15, 0.2) is 0 Å². The zero-order chi connectivity index (χ0) is 15.9. The van der Waals surface area contributed by atoms with Gasteiger partial charge in [0.15, 0.2) is 0 Å². The first-order valence-electron chi connectivity index (χ1n) is 6.83. The van der Waals surface area contributed by atoms with E-state index in [9.17, 15) is 14.4 Å². The summed E-state index contributed by atoms with van der Waals surface area (Å²) >= 11 is 0. The van der Waals surface area contributed by atoms with Gasteiger partial charge < -0.3 is 15.7 Å². The van der Waals surface area contributed by atoms with Gasteiger partial charge in [-0.2, -0.15) is 0 Å². The third-order valence-corrected chi connectivity index (χ3v) is 2.73. The molecular formula is C14H26N2O4. The van der Waals surface area contributed by atoms with Gasteiger partial charge in [0.25, 0.3) is 0 Å². The largest absolute Gasteiger partial charge is 0.481 e. The minimum Gasteiger partial charge on any atom is -0.481 e. The average Bonchev–Trinajstić information content (AvgIpc) is 2.23. The Kier molecular flexibility index (Phi) is 7.24. The van der Waals surface area contributed by atoms with E-state index < -0.39 is 23.2 Å². The second-order valence-electron chi connectivity index (χ2n) is 6.38. The van der Waals surface area contributed by atoms with Gasteiger partial charge in [-0.3, -0.25) is 14.4 Å². The minimum absolute atomic E-state index is 0.141. The highest BCUT2D eigenvalue weighted by Crippen LogP contribution is 2.26. The molecule has 3 N–H and O–H groups in total. The Morgan fingerprint density at radius 1 is 1.10 bits per heavy atom. The van der Waals surface area contributed by atoms with Crippen molar-refractivity contribution < 1.29 is 19.5 Å². The van der Waals surface area contributed by atoms with E-state index in [1.165, 1.54) is 0 Å². The number of carboxylic acids is 1. The number of rotatable bonds is 7. The predicted octanol–water partition coefficient (Wildman–Crippen LogP) is 1.01. The first-order chi connectivity index (χ1) is 9.05. The molecule has 0 aromatic rings. The molecule has 6 heteroatoms. The van der Waals surface area contributed by atoms with Gasteiger partial charge in [-0.1, -0.05) is 34.6 Å². The molecule has 116 valence electrons. The van der Waals surface area contributed by atoms with Crippen molar-refractivity contribution in [1.29, 1.82) is 0 Å². The third kappa shape index (κ3) is 7.11. The molecule has 0 heterocycles. The number of aliphatic carboxylic acids is 1. The van der Waals surface area contributed by atoms with Crippen molar-refractivity contribution in [3.05, 3.63) is 0 Å². The summed E-state index contributed by atoms with van der Waals surface area (Å²) in [5, 5.41) is 14.3. The van der Waals surface area contributed by atoms with Crippen molar-refractivity contribution >= 4 is 17.8 Å². The van der Waals surface area contributed by atoms with Crippen LogP contribution < -0.4 is 10.6 Å². The molecule has 1 unspecified atom stereocenters. The lowest BCUT2D eigenvalue weighted by molar-refractivity contribution is -0.151. The molecule has 0 saturated carbocycles. The van der Waals surface area contributed by atoms with Crippen LogP contribution in [0.3, 0.4) is 0 Å². The van der Waals surface area contributed by atoms with Gasteiger partial charge in [-0.25, -0.2) is 0 Å². The predicted molar refractivity (Wildman–Crippen MR) is 76.1 cm³/mol. The molecule has 0 fully saturated rings. The van der Waals surface area contributed by atoms with E-state index in [0.29, 0.717) is 12.5 Å². The van der Waals surface area contributed by atoms with E-state index in [1.54, 1.807) is 20.8 Å². The van der Waals surface area contributed by atoms with Gasteiger partial charge in [-0.15, -0.1) is 0 Å². The highest BCUT2D eigenvalue weighted by molar-refractivity contribution is 5.97. The molecule has 6 nitrogen and oxygen atoms in total. The molecular weight excluding hydrogens is 260 g/mol. The fourth-order valence-electron chi connectivity index (χ4n) is 1.68. The summed E-state index contributed by atoms with van der Waals surface area (Å²) in [5.74, 6) is -2.62. The van der Waals surface area contributed by atoms with E-state index >= 15 is 0 Å². The molecule has 0 aliphatic rings. The fourth-order valence-corrected chi connectivity index (χ4v) is 1.68. The van der Waals surface area contributed by atoms with Gasteiger partial charge >= 0.3 is 5.97 Å². The minimum atomic E-state index is -1.15. The molecule has 0 aliphatic heterocycles. The Hall–Kier alpha value is -1.59. The van der Waals surface area contributed by atoms with Crippen molar-refractivity contribution in [3.8, 4) is 0 Å². The molecule has 0 rings (SSSR count). The maximum absolute atomic E-state index is 11.9. The third-order valence-electron chi connectivity index (χ3n) is 2.73. The highest BCUT2D eigenvalue weighted by Gasteiger charge is 2.37. The number of hydrogen-bond donors (Lipinski definition) is 3. The standard InChI is InChI=1S/C14H26N2O4/c1-9(2)8-16-10(17)6-7-15-12(18)11(13(19)20)14(3,4)5/h9,11H,6-8H2,1-5H3,(H,15,18)(H,16,17)(H,19,20). The van der Waals surface area contributed by atoms with E-state index in [1.807, 2.05) is 13.8 Å². The Morgan fingerprint density at radius 2 is 1.65 bits per heavy atom. The summed E-state index contributed by atoms with van der Waals surface area (Å²) in [6.07, 6.45) is 0.148. The number of nitrogens with one attached hydrogen (secondary N) is 2. The average molecular weight is 286 g/mol. The highest BCUT2D eigenvalue weighted by atomic mass is 16.4. The molecule has 1 atom stereocenters. The lowest BCUT2D eigenvalue weighted by atomic mass is 9.80. The number of amides is 2. The lowest BCUT2D eigenvalue weighted by Crippen LogP contribution is -2.43. The van der Waals surface area contributed by atoms with Crippen LogP contribution in [-0.4, -0.2) is 36.0 Å². The van der Waals surface area contributed by atoms with Crippen molar-refractivity contribution in [2.45, 2.75) is 41.0 Å². The Morgan fingerprint density at radius 3 is 2.05 bits per heavy atom. The van der Waals surface area contributed by atoms with Crippen LogP contribution in [0.1, 0.15) is 41.0 Å². The Labute approximate surface area is 120 Å². The normalized spacial score (nSPS) is 12.9. The van der Waals surface area contributed by atoms with Crippen molar-refractivity contribution in [2.75, 3.05) is 13.1 Å². The van der Waals surface area contributed by atoms with E-state index in [0.717, 1.165) is 0 Å². The molecule has 0 aromatic heterocycles. The summed E-state index contributed by atoms with van der Waals surface area (Å²) in [5.41, 5.74) is -0.671. The maximum atomic E-state index is 11.9. The zero-order valence-electron chi connectivity index (χ0n) is 12.9. The van der Waals surface area contributed by atoms with Crippen LogP contribution in [0.2, 0.25) is 0 Å². The lowest BCUT2D eigenvalue weighted by Gasteiger charge is -2.25. The summed E-state index contributed by atoms with van der Waals surface area (Å²) < 4.78 is 0. The van der Waals surface area contributed by atoms with Crippen molar-refractivity contribution in [2.24, 2.45) is 17.3 Å². The van der Waals surface area contributed by atoms with Crippen molar-refractivity contribution in [1.82, 2.24) is 10.6 Å². The van der Waals surface area contributed by atoms with Crippen LogP contribution in [0.25, 0.3) is 0 Å². The van der Waals surface area contributed by atoms with Crippen LogP contribution in [0.5, 0.6) is 0 Å². The van der Waals surface area contributed by atoms with Gasteiger partial charge in [-0.05, 0) is 11.3 Å². The molecule has 20 heavy (non-hydrogen) atoms. The van der Waals surface area contributed by atoms with Gasteiger partial charge in [0.2, 0.25) is 11.8 Å². The quantitative estimate of drug-likeness (QED) is 0.609. The number of carbonyl (C=O) groups is 3. The van der Waals surface area contributed by atoms with Gasteiger partial charge in [0.1, 0.15) is 5.92 Å². The number of carboxylic acid groups (broad SMARTS) is 1.